The van der Waals surface area contributed by atoms with Crippen LogP contribution < -0.4 is 5.73 Å². The second-order valence-electron chi connectivity index (χ2n) is 7.96. The molecule has 0 amide bonds. The number of nitrogens with two attached hydrogens (primary N) is 1. The number of hydroxylamine groups is 2. The first kappa shape index (κ1) is 20.6. The maximum atomic E-state index is 9.26. The molecule has 1 aliphatic rings. The van der Waals surface area contributed by atoms with Gasteiger partial charge in [0.05, 0.1) is 11.6 Å². The fraction of sp³-hybridized carbons (Fsp3) is 0.231. The number of hydrogen-bond donors (Lipinski definition) is 2. The van der Waals surface area contributed by atoms with Crippen molar-refractivity contribution in [2.45, 2.75) is 31.3 Å². The van der Waals surface area contributed by atoms with E-state index in [2.05, 4.69) is 48.5 Å². The Hall–Kier alpha value is -3.62. The van der Waals surface area contributed by atoms with E-state index >= 15 is 0 Å². The van der Waals surface area contributed by atoms with Gasteiger partial charge in [-0.15, -0.1) is 0 Å². The lowest BCUT2D eigenvalue weighted by atomic mass is 9.90. The summed E-state index contributed by atoms with van der Waals surface area (Å²) in [5.74, 6) is 0.226. The van der Waals surface area contributed by atoms with Crippen LogP contribution in [-0.4, -0.2) is 18.1 Å². The van der Waals surface area contributed by atoms with Crippen LogP contribution in [0.15, 0.2) is 72.8 Å². The lowest BCUT2D eigenvalue weighted by Crippen LogP contribution is -2.34. The third-order valence-electron chi connectivity index (χ3n) is 5.97. The van der Waals surface area contributed by atoms with Gasteiger partial charge in [-0.25, -0.2) is 5.06 Å². The molecule has 0 saturated heterocycles. The normalized spacial score (nSPS) is 17.8. The molecule has 0 aromatic heterocycles. The smallest absolute Gasteiger partial charge is 0.212 e. The van der Waals surface area contributed by atoms with E-state index in [9.17, 15) is 5.26 Å². The molecular formula is C26H26N4O. The molecule has 4 rings (SSSR count). The zero-order valence-corrected chi connectivity index (χ0v) is 17.6. The molecule has 156 valence electrons. The molecule has 3 aromatic carbocycles. The Morgan fingerprint density at radius 1 is 1.06 bits per heavy atom. The Morgan fingerprint density at radius 3 is 2.58 bits per heavy atom. The first-order valence-electron chi connectivity index (χ1n) is 10.5. The summed E-state index contributed by atoms with van der Waals surface area (Å²) in [5, 5.41) is 18.3. The minimum Gasteiger partial charge on any atom is -0.368 e. The van der Waals surface area contributed by atoms with E-state index in [-0.39, 0.29) is 12.1 Å². The molecule has 5 heteroatoms. The minimum absolute atomic E-state index is 0.125. The van der Waals surface area contributed by atoms with E-state index < -0.39 is 0 Å². The van der Waals surface area contributed by atoms with Gasteiger partial charge in [0, 0.05) is 7.05 Å². The van der Waals surface area contributed by atoms with Gasteiger partial charge in [0.15, 0.2) is 0 Å². The summed E-state index contributed by atoms with van der Waals surface area (Å²) in [6, 6.07) is 26.8. The van der Waals surface area contributed by atoms with Crippen LogP contribution in [0.2, 0.25) is 0 Å². The summed E-state index contributed by atoms with van der Waals surface area (Å²) >= 11 is 0. The zero-order chi connectivity index (χ0) is 21.8. The third-order valence-corrected chi connectivity index (χ3v) is 5.97. The molecule has 31 heavy (non-hydrogen) atoms. The minimum atomic E-state index is -0.226. The lowest BCUT2D eigenvalue weighted by molar-refractivity contribution is -0.138. The van der Waals surface area contributed by atoms with E-state index in [1.165, 1.54) is 16.2 Å². The molecule has 0 spiro atoms. The van der Waals surface area contributed by atoms with Crippen LogP contribution in [0.1, 0.15) is 47.1 Å². The van der Waals surface area contributed by atoms with Crippen molar-refractivity contribution in [3.8, 4) is 17.2 Å². The second kappa shape index (κ2) is 9.03. The molecular weight excluding hydrogens is 384 g/mol. The molecule has 0 saturated carbocycles. The highest BCUT2D eigenvalue weighted by Gasteiger charge is 2.28. The molecule has 1 aliphatic carbocycles. The summed E-state index contributed by atoms with van der Waals surface area (Å²) in [7, 11) is 1.67. The van der Waals surface area contributed by atoms with Crippen LogP contribution in [0.4, 0.5) is 0 Å². The Labute approximate surface area is 183 Å². The number of fused-ring (bicyclic) bond motifs is 1. The molecule has 0 aliphatic heterocycles. The summed E-state index contributed by atoms with van der Waals surface area (Å²) in [6.07, 6.45) is 2.56. The molecule has 2 atom stereocenters. The van der Waals surface area contributed by atoms with Crippen molar-refractivity contribution < 1.29 is 4.84 Å². The first-order chi connectivity index (χ1) is 15.0. The fourth-order valence-corrected chi connectivity index (χ4v) is 4.28. The SMILES string of the molecule is CN(OC1CC(c2ccccc2)CCc2ccc(-c3cccc(C#N)c3)cc21)C(=N)N. The number of nitriles is 1. The Morgan fingerprint density at radius 2 is 1.84 bits per heavy atom. The van der Waals surface area contributed by atoms with Gasteiger partial charge in [-0.05, 0) is 71.2 Å². The molecule has 5 nitrogen and oxygen atoms in total. The van der Waals surface area contributed by atoms with Gasteiger partial charge < -0.3 is 5.73 Å². The van der Waals surface area contributed by atoms with Gasteiger partial charge >= 0.3 is 0 Å². The van der Waals surface area contributed by atoms with Gasteiger partial charge in [0.1, 0.15) is 6.10 Å². The standard InChI is InChI=1S/C26H26N4O/c1-30(26(28)29)31-25-16-23(19-7-3-2-4-8-19)13-11-20-10-12-22(15-24(20)25)21-9-5-6-18(14-21)17-27/h2-10,12,14-15,23,25H,11,13,16H2,1H3,(H3,28,29). The van der Waals surface area contributed by atoms with E-state index in [1.54, 1.807) is 7.05 Å². The van der Waals surface area contributed by atoms with E-state index in [4.69, 9.17) is 16.0 Å². The van der Waals surface area contributed by atoms with Crippen molar-refractivity contribution in [3.63, 3.8) is 0 Å². The molecule has 2 unspecified atom stereocenters. The quantitative estimate of drug-likeness (QED) is 0.270. The summed E-state index contributed by atoms with van der Waals surface area (Å²) < 4.78 is 0. The monoisotopic (exact) mass is 410 g/mol. The zero-order valence-electron chi connectivity index (χ0n) is 17.6. The number of nitrogens with one attached hydrogen (secondary N) is 1. The van der Waals surface area contributed by atoms with Crippen LogP contribution in [0.5, 0.6) is 0 Å². The van der Waals surface area contributed by atoms with Gasteiger partial charge in [-0.2, -0.15) is 5.26 Å². The Balaban J connectivity index is 1.73. The van der Waals surface area contributed by atoms with Crippen molar-refractivity contribution in [1.29, 1.82) is 10.7 Å². The van der Waals surface area contributed by atoms with Crippen molar-refractivity contribution in [1.82, 2.24) is 5.06 Å². The van der Waals surface area contributed by atoms with E-state index in [0.717, 1.165) is 36.0 Å². The van der Waals surface area contributed by atoms with E-state index in [1.807, 2.05) is 30.3 Å². The van der Waals surface area contributed by atoms with Crippen LogP contribution in [0.3, 0.4) is 0 Å². The predicted molar refractivity (Wildman–Crippen MR) is 122 cm³/mol. The lowest BCUT2D eigenvalue weighted by Gasteiger charge is -2.27. The van der Waals surface area contributed by atoms with Crippen molar-refractivity contribution >= 4 is 5.96 Å². The molecule has 3 aromatic rings. The maximum absolute atomic E-state index is 9.26. The van der Waals surface area contributed by atoms with Crippen LogP contribution >= 0.6 is 0 Å². The average Bonchev–Trinajstić information content (AvgIpc) is 2.99. The summed E-state index contributed by atoms with van der Waals surface area (Å²) in [5.41, 5.74) is 12.0. The van der Waals surface area contributed by atoms with E-state index in [0.29, 0.717) is 11.5 Å². The van der Waals surface area contributed by atoms with Gasteiger partial charge in [-0.1, -0.05) is 54.6 Å². The largest absolute Gasteiger partial charge is 0.368 e. The highest BCUT2D eigenvalue weighted by atomic mass is 16.7. The van der Waals surface area contributed by atoms with Crippen molar-refractivity contribution in [2.75, 3.05) is 7.05 Å². The molecule has 0 radical (unpaired) electrons. The van der Waals surface area contributed by atoms with Crippen LogP contribution in [0, 0.1) is 16.7 Å². The number of benzene rings is 3. The van der Waals surface area contributed by atoms with Crippen molar-refractivity contribution in [3.05, 3.63) is 95.1 Å². The number of hydrogen-bond acceptors (Lipinski definition) is 3. The molecule has 0 bridgehead atoms. The highest BCUT2D eigenvalue weighted by Crippen LogP contribution is 2.41. The number of nitrogens with zero attached hydrogens (tertiary/aromatic N) is 2. The summed E-state index contributed by atoms with van der Waals surface area (Å²) in [4.78, 5) is 6.18. The molecule has 0 heterocycles. The van der Waals surface area contributed by atoms with Crippen molar-refractivity contribution in [2.24, 2.45) is 5.73 Å². The highest BCUT2D eigenvalue weighted by molar-refractivity contribution is 5.73. The van der Waals surface area contributed by atoms with Crippen LogP contribution in [0.25, 0.3) is 11.1 Å². The van der Waals surface area contributed by atoms with Gasteiger partial charge in [-0.3, -0.25) is 10.2 Å². The second-order valence-corrected chi connectivity index (χ2v) is 7.96. The topological polar surface area (TPSA) is 86.1 Å². The number of guanidine groups is 1. The fourth-order valence-electron chi connectivity index (χ4n) is 4.28. The average molecular weight is 411 g/mol. The maximum Gasteiger partial charge on any atom is 0.212 e. The number of aryl methyl sites for hydroxylation is 1. The Bertz CT molecular complexity index is 1120. The number of rotatable bonds is 4. The summed E-state index contributed by atoms with van der Waals surface area (Å²) in [6.45, 7) is 0. The molecule has 3 N–H and O–H groups in total. The van der Waals surface area contributed by atoms with Gasteiger partial charge in [0.2, 0.25) is 5.96 Å². The first-order valence-corrected chi connectivity index (χ1v) is 10.5. The Kier molecular flexibility index (Phi) is 6.01. The van der Waals surface area contributed by atoms with Gasteiger partial charge in [0.25, 0.3) is 0 Å². The predicted octanol–water partition coefficient (Wildman–Crippen LogP) is 5.14. The third kappa shape index (κ3) is 4.60. The van der Waals surface area contributed by atoms with Crippen LogP contribution in [-0.2, 0) is 11.3 Å². The molecule has 0 fully saturated rings.